The molecule has 0 aliphatic heterocycles. The number of benzene rings is 1. The molecule has 25 heavy (non-hydrogen) atoms. The van der Waals surface area contributed by atoms with Crippen molar-refractivity contribution in [2.75, 3.05) is 0 Å². The van der Waals surface area contributed by atoms with Gasteiger partial charge in [-0.2, -0.15) is 13.2 Å². The van der Waals surface area contributed by atoms with Gasteiger partial charge in [-0.25, -0.2) is 9.97 Å². The van der Waals surface area contributed by atoms with Crippen LogP contribution in [-0.4, -0.2) is 15.8 Å². The number of nitrogens with zero attached hydrogens (tertiary/aromatic N) is 2. The van der Waals surface area contributed by atoms with Crippen molar-refractivity contribution in [3.05, 3.63) is 70.8 Å². The summed E-state index contributed by atoms with van der Waals surface area (Å²) in [7, 11) is 0. The molecule has 0 unspecified atom stereocenters. The molecule has 8 heteroatoms. The molecule has 0 aliphatic rings. The maximum atomic E-state index is 13.2. The number of alkyl halides is 3. The van der Waals surface area contributed by atoms with Gasteiger partial charge in [-0.1, -0.05) is 35.9 Å². The van der Waals surface area contributed by atoms with Crippen molar-refractivity contribution < 1.29 is 22.4 Å². The summed E-state index contributed by atoms with van der Waals surface area (Å²) in [5, 5.41) is 0.221. The molecule has 0 N–H and O–H groups in total. The number of hydrogen-bond donors (Lipinski definition) is 0. The van der Waals surface area contributed by atoms with Crippen LogP contribution in [0.2, 0.25) is 5.15 Å². The van der Waals surface area contributed by atoms with E-state index >= 15 is 0 Å². The Morgan fingerprint density at radius 3 is 2.44 bits per heavy atom. The minimum atomic E-state index is -4.81. The van der Waals surface area contributed by atoms with E-state index in [1.54, 1.807) is 30.3 Å². The number of oxazole rings is 1. The number of aromatic nitrogens is 2. The number of carbonyl (C=O) groups excluding carboxylic acids is 1. The van der Waals surface area contributed by atoms with Crippen molar-refractivity contribution in [1.82, 2.24) is 9.97 Å². The summed E-state index contributed by atoms with van der Waals surface area (Å²) < 4.78 is 44.8. The molecule has 0 fully saturated rings. The van der Waals surface area contributed by atoms with Crippen molar-refractivity contribution in [2.24, 2.45) is 0 Å². The van der Waals surface area contributed by atoms with Gasteiger partial charge in [-0.05, 0) is 23.8 Å². The summed E-state index contributed by atoms with van der Waals surface area (Å²) in [6.07, 6.45) is -3.79. The first-order valence-electron chi connectivity index (χ1n) is 7.11. The highest BCUT2D eigenvalue weighted by molar-refractivity contribution is 6.29. The van der Waals surface area contributed by atoms with E-state index in [4.69, 9.17) is 16.0 Å². The number of rotatable bonds is 4. The predicted molar refractivity (Wildman–Crippen MR) is 84.2 cm³/mol. The van der Waals surface area contributed by atoms with Gasteiger partial charge in [0.05, 0.1) is 0 Å². The molecule has 128 valence electrons. The third-order valence-corrected chi connectivity index (χ3v) is 3.55. The largest absolute Gasteiger partial charge is 0.437 e. The summed E-state index contributed by atoms with van der Waals surface area (Å²) in [5.41, 5.74) is -0.571. The lowest BCUT2D eigenvalue weighted by Crippen LogP contribution is -2.13. The standard InChI is InChI=1S/C17H10ClF3N2O2/c18-13-7-6-10(9-22-13)8-12(24)14-15(17(19,20)21)23-16(25-14)11-4-2-1-3-5-11/h1-7,9H,8H2. The number of carbonyl (C=O) groups is 1. The van der Waals surface area contributed by atoms with Crippen LogP contribution in [0.15, 0.2) is 53.1 Å². The number of ketones is 1. The van der Waals surface area contributed by atoms with E-state index in [2.05, 4.69) is 9.97 Å². The monoisotopic (exact) mass is 366 g/mol. The van der Waals surface area contributed by atoms with Gasteiger partial charge >= 0.3 is 6.18 Å². The van der Waals surface area contributed by atoms with E-state index in [-0.39, 0.29) is 17.5 Å². The van der Waals surface area contributed by atoms with Crippen LogP contribution < -0.4 is 0 Å². The van der Waals surface area contributed by atoms with Gasteiger partial charge in [0, 0.05) is 18.2 Å². The molecule has 0 amide bonds. The Kier molecular flexibility index (Phi) is 4.59. The fraction of sp³-hybridized carbons (Fsp3) is 0.118. The topological polar surface area (TPSA) is 56.0 Å². The van der Waals surface area contributed by atoms with Crippen LogP contribution in [0, 0.1) is 0 Å². The van der Waals surface area contributed by atoms with Crippen LogP contribution in [0.5, 0.6) is 0 Å². The number of pyridine rings is 1. The van der Waals surface area contributed by atoms with Gasteiger partial charge < -0.3 is 4.42 Å². The molecular formula is C17H10ClF3N2O2. The van der Waals surface area contributed by atoms with Crippen molar-refractivity contribution >= 4 is 17.4 Å². The second kappa shape index (κ2) is 6.68. The SMILES string of the molecule is O=C(Cc1ccc(Cl)nc1)c1oc(-c2ccccc2)nc1C(F)(F)F. The lowest BCUT2D eigenvalue weighted by Gasteiger charge is -2.04. The molecule has 1 aromatic carbocycles. The molecular weight excluding hydrogens is 357 g/mol. The first-order chi connectivity index (χ1) is 11.8. The Labute approximate surface area is 145 Å². The molecule has 0 aliphatic carbocycles. The van der Waals surface area contributed by atoms with Crippen LogP contribution in [0.25, 0.3) is 11.5 Å². The van der Waals surface area contributed by atoms with Gasteiger partial charge in [-0.15, -0.1) is 0 Å². The zero-order valence-corrected chi connectivity index (χ0v) is 13.3. The molecule has 3 rings (SSSR count). The second-order valence-electron chi connectivity index (χ2n) is 5.15. The van der Waals surface area contributed by atoms with E-state index in [9.17, 15) is 18.0 Å². The third kappa shape index (κ3) is 3.88. The average molecular weight is 367 g/mol. The zero-order chi connectivity index (χ0) is 18.0. The summed E-state index contributed by atoms with van der Waals surface area (Å²) in [5.74, 6) is -1.92. The lowest BCUT2D eigenvalue weighted by molar-refractivity contribution is -0.141. The third-order valence-electron chi connectivity index (χ3n) is 3.32. The lowest BCUT2D eigenvalue weighted by atomic mass is 10.1. The molecule has 2 aromatic heterocycles. The summed E-state index contributed by atoms with van der Waals surface area (Å²) >= 11 is 5.65. The fourth-order valence-electron chi connectivity index (χ4n) is 2.18. The summed E-state index contributed by atoms with van der Waals surface area (Å²) in [6, 6.07) is 11.0. The van der Waals surface area contributed by atoms with Gasteiger partial charge in [0.15, 0.2) is 5.69 Å². The van der Waals surface area contributed by atoms with Crippen LogP contribution in [0.4, 0.5) is 13.2 Å². The average Bonchev–Trinajstić information content (AvgIpc) is 3.04. The molecule has 0 saturated carbocycles. The molecule has 0 spiro atoms. The van der Waals surface area contributed by atoms with Crippen molar-refractivity contribution in [2.45, 2.75) is 12.6 Å². The van der Waals surface area contributed by atoms with Crippen molar-refractivity contribution in [3.8, 4) is 11.5 Å². The molecule has 0 saturated heterocycles. The molecule has 0 atom stereocenters. The normalized spacial score (nSPS) is 11.5. The molecule has 0 radical (unpaired) electrons. The number of Topliss-reactive ketones (excluding diaryl/α,β-unsaturated/α-hetero) is 1. The fourth-order valence-corrected chi connectivity index (χ4v) is 2.29. The smallest absolute Gasteiger partial charge is 0.432 e. The second-order valence-corrected chi connectivity index (χ2v) is 5.54. The highest BCUT2D eigenvalue weighted by atomic mass is 35.5. The van der Waals surface area contributed by atoms with E-state index in [1.807, 2.05) is 0 Å². The number of halogens is 4. The predicted octanol–water partition coefficient (Wildman–Crippen LogP) is 4.83. The Bertz CT molecular complexity index is 891. The maximum absolute atomic E-state index is 13.2. The maximum Gasteiger partial charge on any atom is 0.437 e. The zero-order valence-electron chi connectivity index (χ0n) is 12.5. The summed E-state index contributed by atoms with van der Waals surface area (Å²) in [6.45, 7) is 0. The first kappa shape index (κ1) is 17.2. The molecule has 4 nitrogen and oxygen atoms in total. The van der Waals surface area contributed by atoms with Crippen LogP contribution >= 0.6 is 11.6 Å². The minimum Gasteiger partial charge on any atom is -0.432 e. The Hall–Kier alpha value is -2.67. The number of hydrogen-bond acceptors (Lipinski definition) is 4. The minimum absolute atomic E-state index is 0.221. The summed E-state index contributed by atoms with van der Waals surface area (Å²) in [4.78, 5) is 19.6. The molecule has 3 aromatic rings. The highest BCUT2D eigenvalue weighted by Gasteiger charge is 2.41. The quantitative estimate of drug-likeness (QED) is 0.490. The van der Waals surface area contributed by atoms with Crippen molar-refractivity contribution in [3.63, 3.8) is 0 Å². The van der Waals surface area contributed by atoms with Gasteiger partial charge in [-0.3, -0.25) is 4.79 Å². The van der Waals surface area contributed by atoms with Crippen LogP contribution in [0.1, 0.15) is 21.8 Å². The molecule has 0 bridgehead atoms. The van der Waals surface area contributed by atoms with Crippen LogP contribution in [-0.2, 0) is 12.6 Å². The van der Waals surface area contributed by atoms with Crippen molar-refractivity contribution in [1.29, 1.82) is 0 Å². The van der Waals surface area contributed by atoms with E-state index < -0.39 is 23.4 Å². The van der Waals surface area contributed by atoms with E-state index in [0.29, 0.717) is 11.1 Å². The Balaban J connectivity index is 1.97. The van der Waals surface area contributed by atoms with Gasteiger partial charge in [0.25, 0.3) is 0 Å². The molecule has 2 heterocycles. The highest BCUT2D eigenvalue weighted by Crippen LogP contribution is 2.35. The first-order valence-corrected chi connectivity index (χ1v) is 7.49. The Morgan fingerprint density at radius 2 is 1.84 bits per heavy atom. The van der Waals surface area contributed by atoms with Crippen LogP contribution in [0.3, 0.4) is 0 Å². The van der Waals surface area contributed by atoms with Gasteiger partial charge in [0.1, 0.15) is 5.15 Å². The Morgan fingerprint density at radius 1 is 1.12 bits per heavy atom. The van der Waals surface area contributed by atoms with E-state index in [0.717, 1.165) is 0 Å². The van der Waals surface area contributed by atoms with Gasteiger partial charge in [0.2, 0.25) is 17.4 Å². The van der Waals surface area contributed by atoms with E-state index in [1.165, 1.54) is 18.3 Å².